The fraction of sp³-hybridized carbons (Fsp3) is 0.188. The zero-order valence-electron chi connectivity index (χ0n) is 11.4. The monoisotopic (exact) mass is 256 g/mol. The third-order valence-corrected chi connectivity index (χ3v) is 2.55. The average molecular weight is 256 g/mol. The van der Waals surface area contributed by atoms with Crippen molar-refractivity contribution in [3.05, 3.63) is 71.8 Å². The average Bonchev–Trinajstić information content (AvgIpc) is 2.49. The van der Waals surface area contributed by atoms with Crippen LogP contribution in [0.2, 0.25) is 0 Å². The van der Waals surface area contributed by atoms with E-state index in [1.165, 1.54) is 11.1 Å². The van der Waals surface area contributed by atoms with Crippen LogP contribution >= 0.6 is 0 Å². The molecular weight excluding hydrogens is 236 g/mol. The van der Waals surface area contributed by atoms with Gasteiger partial charge in [-0.2, -0.15) is 0 Å². The lowest BCUT2D eigenvalue weighted by molar-refractivity contribution is 0.245. The number of carbonyl (C=O) groups is 1. The van der Waals surface area contributed by atoms with Crippen molar-refractivity contribution < 1.29 is 4.79 Å². The van der Waals surface area contributed by atoms with Gasteiger partial charge in [0.05, 0.1) is 0 Å². The first kappa shape index (κ1) is 14.8. The maximum atomic E-state index is 9.96. The fourth-order valence-corrected chi connectivity index (χ4v) is 1.55. The van der Waals surface area contributed by atoms with Crippen molar-refractivity contribution in [2.75, 3.05) is 14.1 Å². The van der Waals surface area contributed by atoms with E-state index in [0.29, 0.717) is 0 Å². The molecule has 0 heterocycles. The van der Waals surface area contributed by atoms with Crippen molar-refractivity contribution in [3.8, 4) is 0 Å². The molecule has 2 amide bonds. The Morgan fingerprint density at radius 2 is 1.16 bits per heavy atom. The highest BCUT2D eigenvalue weighted by Gasteiger charge is 1.92. The summed E-state index contributed by atoms with van der Waals surface area (Å²) in [4.78, 5) is 9.96. The summed E-state index contributed by atoms with van der Waals surface area (Å²) in [5, 5.41) is 4.73. The number of nitrogens with one attached hydrogen (secondary N) is 2. The largest absolute Gasteiger partial charge is 0.341 e. The number of hydrogen-bond donors (Lipinski definition) is 2. The summed E-state index contributed by atoms with van der Waals surface area (Å²) in [7, 11) is 3.14. The van der Waals surface area contributed by atoms with Gasteiger partial charge in [-0.15, -0.1) is 0 Å². The summed E-state index contributed by atoms with van der Waals surface area (Å²) in [5.74, 6) is 0. The van der Waals surface area contributed by atoms with Gasteiger partial charge in [0, 0.05) is 14.1 Å². The summed E-state index contributed by atoms with van der Waals surface area (Å²) in [6, 6.07) is 20.9. The number of urea groups is 1. The Kier molecular flexibility index (Phi) is 6.80. The van der Waals surface area contributed by atoms with Gasteiger partial charge in [-0.3, -0.25) is 0 Å². The van der Waals surface area contributed by atoms with E-state index in [1.54, 1.807) is 14.1 Å². The summed E-state index contributed by atoms with van der Waals surface area (Å²) < 4.78 is 0. The van der Waals surface area contributed by atoms with Crippen LogP contribution in [0.5, 0.6) is 0 Å². The molecule has 2 rings (SSSR count). The summed E-state index contributed by atoms with van der Waals surface area (Å²) in [6.07, 6.45) is 1.03. The molecule has 0 aliphatic rings. The molecule has 0 fully saturated rings. The Morgan fingerprint density at radius 3 is 1.42 bits per heavy atom. The van der Waals surface area contributed by atoms with E-state index in [9.17, 15) is 4.79 Å². The van der Waals surface area contributed by atoms with Crippen molar-refractivity contribution in [2.24, 2.45) is 0 Å². The smallest absolute Gasteiger partial charge is 0.314 e. The minimum atomic E-state index is -0.157. The van der Waals surface area contributed by atoms with Crippen LogP contribution in [-0.2, 0) is 6.42 Å². The van der Waals surface area contributed by atoms with Gasteiger partial charge >= 0.3 is 6.03 Å². The van der Waals surface area contributed by atoms with E-state index in [4.69, 9.17) is 0 Å². The SMILES string of the molecule is CNC(=O)NC.c1ccc(Cc2ccccc2)cc1. The highest BCUT2D eigenvalue weighted by Crippen LogP contribution is 2.07. The maximum Gasteiger partial charge on any atom is 0.314 e. The van der Waals surface area contributed by atoms with Crippen LogP contribution in [0.25, 0.3) is 0 Å². The van der Waals surface area contributed by atoms with Crippen LogP contribution in [0.1, 0.15) is 11.1 Å². The molecule has 2 N–H and O–H groups in total. The molecule has 0 atom stereocenters. The molecule has 0 bridgehead atoms. The van der Waals surface area contributed by atoms with Crippen LogP contribution < -0.4 is 10.6 Å². The predicted octanol–water partition coefficient (Wildman–Crippen LogP) is 2.82. The van der Waals surface area contributed by atoms with Crippen LogP contribution in [0.3, 0.4) is 0 Å². The zero-order valence-corrected chi connectivity index (χ0v) is 11.4. The zero-order chi connectivity index (χ0) is 13.9. The molecule has 3 nitrogen and oxygen atoms in total. The van der Waals surface area contributed by atoms with E-state index >= 15 is 0 Å². The molecule has 0 saturated carbocycles. The van der Waals surface area contributed by atoms with Gasteiger partial charge in [0.2, 0.25) is 0 Å². The number of hydrogen-bond acceptors (Lipinski definition) is 1. The number of amides is 2. The molecule has 19 heavy (non-hydrogen) atoms. The summed E-state index contributed by atoms with van der Waals surface area (Å²) in [5.41, 5.74) is 2.74. The highest BCUT2D eigenvalue weighted by molar-refractivity contribution is 5.72. The standard InChI is InChI=1S/C13H12.C3H8N2O/c1-3-7-12(8-4-1)11-13-9-5-2-6-10-13;1-4-3(6)5-2/h1-10H,11H2;1-2H3,(H2,4,5,6). The highest BCUT2D eigenvalue weighted by atomic mass is 16.2. The third-order valence-electron chi connectivity index (χ3n) is 2.55. The molecule has 2 aromatic carbocycles. The summed E-state index contributed by atoms with van der Waals surface area (Å²) in [6.45, 7) is 0. The van der Waals surface area contributed by atoms with Crippen LogP contribution in [0.4, 0.5) is 4.79 Å². The van der Waals surface area contributed by atoms with Crippen molar-refractivity contribution in [1.29, 1.82) is 0 Å². The third kappa shape index (κ3) is 6.27. The van der Waals surface area contributed by atoms with Gasteiger partial charge in [-0.25, -0.2) is 4.79 Å². The first-order chi connectivity index (χ1) is 9.26. The number of carbonyl (C=O) groups excluding carboxylic acids is 1. The first-order valence-electron chi connectivity index (χ1n) is 6.23. The Balaban J connectivity index is 0.000000258. The topological polar surface area (TPSA) is 41.1 Å². The quantitative estimate of drug-likeness (QED) is 0.852. The second kappa shape index (κ2) is 8.75. The van der Waals surface area contributed by atoms with Crippen LogP contribution in [0.15, 0.2) is 60.7 Å². The van der Waals surface area contributed by atoms with E-state index < -0.39 is 0 Å². The normalized spacial score (nSPS) is 8.95. The van der Waals surface area contributed by atoms with Crippen molar-refractivity contribution in [1.82, 2.24) is 10.6 Å². The molecule has 0 radical (unpaired) electrons. The lowest BCUT2D eigenvalue weighted by Gasteiger charge is -2.00. The second-order valence-electron chi connectivity index (χ2n) is 3.98. The lowest BCUT2D eigenvalue weighted by atomic mass is 10.1. The molecule has 0 unspecified atom stereocenters. The van der Waals surface area contributed by atoms with Gasteiger partial charge in [0.1, 0.15) is 0 Å². The van der Waals surface area contributed by atoms with E-state index in [1.807, 2.05) is 0 Å². The molecule has 2 aromatic rings. The maximum absolute atomic E-state index is 9.96. The molecule has 100 valence electrons. The van der Waals surface area contributed by atoms with Crippen LogP contribution in [-0.4, -0.2) is 20.1 Å². The van der Waals surface area contributed by atoms with Crippen molar-refractivity contribution in [3.63, 3.8) is 0 Å². The molecule has 0 spiro atoms. The van der Waals surface area contributed by atoms with Gasteiger partial charge in [-0.05, 0) is 17.5 Å². The molecular formula is C16H20N2O. The summed E-state index contributed by atoms with van der Waals surface area (Å²) >= 11 is 0. The first-order valence-corrected chi connectivity index (χ1v) is 6.23. The molecule has 0 aromatic heterocycles. The lowest BCUT2D eigenvalue weighted by Crippen LogP contribution is -2.28. The number of benzene rings is 2. The van der Waals surface area contributed by atoms with Gasteiger partial charge < -0.3 is 10.6 Å². The van der Waals surface area contributed by atoms with Crippen LogP contribution in [0, 0.1) is 0 Å². The van der Waals surface area contributed by atoms with E-state index in [-0.39, 0.29) is 6.03 Å². The minimum absolute atomic E-state index is 0.157. The van der Waals surface area contributed by atoms with Crippen molar-refractivity contribution in [2.45, 2.75) is 6.42 Å². The van der Waals surface area contributed by atoms with Gasteiger partial charge in [0.15, 0.2) is 0 Å². The fourth-order valence-electron chi connectivity index (χ4n) is 1.55. The minimum Gasteiger partial charge on any atom is -0.341 e. The van der Waals surface area contributed by atoms with Crippen molar-refractivity contribution >= 4 is 6.03 Å². The molecule has 0 aliphatic heterocycles. The van der Waals surface area contributed by atoms with Gasteiger partial charge in [0.25, 0.3) is 0 Å². The van der Waals surface area contributed by atoms with E-state index in [0.717, 1.165) is 6.42 Å². The Morgan fingerprint density at radius 1 is 0.789 bits per heavy atom. The predicted molar refractivity (Wildman–Crippen MR) is 79.2 cm³/mol. The molecule has 0 aliphatic carbocycles. The Bertz CT molecular complexity index is 425. The Hall–Kier alpha value is -2.29. The molecule has 3 heteroatoms. The van der Waals surface area contributed by atoms with E-state index in [2.05, 4.69) is 71.3 Å². The Labute approximate surface area is 114 Å². The molecule has 0 saturated heterocycles. The van der Waals surface area contributed by atoms with Gasteiger partial charge in [-0.1, -0.05) is 60.7 Å². The number of rotatable bonds is 2. The second-order valence-corrected chi connectivity index (χ2v) is 3.98.